The monoisotopic (exact) mass is 476 g/mol. The van der Waals surface area contributed by atoms with Crippen molar-refractivity contribution in [3.05, 3.63) is 96.1 Å². The van der Waals surface area contributed by atoms with E-state index < -0.39 is 17.9 Å². The van der Waals surface area contributed by atoms with Crippen LogP contribution in [-0.4, -0.2) is 38.2 Å². The molecule has 0 aliphatic heterocycles. The highest BCUT2D eigenvalue weighted by Gasteiger charge is 2.12. The molecule has 3 rings (SSSR count). The van der Waals surface area contributed by atoms with Crippen LogP contribution < -0.4 is 18.9 Å². The number of hydrogen-bond acceptors (Lipinski definition) is 8. The molecule has 3 aromatic rings. The molecule has 0 radical (unpaired) electrons. The zero-order valence-corrected chi connectivity index (χ0v) is 19.3. The van der Waals surface area contributed by atoms with Gasteiger partial charge in [-0.25, -0.2) is 14.4 Å². The lowest BCUT2D eigenvalue weighted by atomic mass is 10.2. The Balaban J connectivity index is 1.49. The Morgan fingerprint density at radius 3 is 1.54 bits per heavy atom. The maximum absolute atomic E-state index is 12.4. The van der Waals surface area contributed by atoms with Crippen LogP contribution in [0.25, 0.3) is 0 Å². The van der Waals surface area contributed by atoms with Gasteiger partial charge in [0.15, 0.2) is 0 Å². The van der Waals surface area contributed by atoms with Crippen molar-refractivity contribution in [2.24, 2.45) is 0 Å². The van der Waals surface area contributed by atoms with Crippen LogP contribution in [0.5, 0.6) is 23.0 Å². The lowest BCUT2D eigenvalue weighted by Gasteiger charge is -2.09. The molecule has 0 bridgehead atoms. The molecule has 35 heavy (non-hydrogen) atoms. The predicted octanol–water partition coefficient (Wildman–Crippen LogP) is 4.63. The maximum Gasteiger partial charge on any atom is 0.343 e. The standard InChI is InChI=1S/C27H24O8/c1-18(2)25(28)33-17-16-32-22-8-4-19(5-9-22)26(29)34-23-10-6-20(7-11-23)27(30)35-24-14-12-21(31-3)13-15-24/h4-15H,1,16-17H2,2-3H3. The van der Waals surface area contributed by atoms with Crippen molar-refractivity contribution in [2.75, 3.05) is 20.3 Å². The number of benzene rings is 3. The summed E-state index contributed by atoms with van der Waals surface area (Å²) < 4.78 is 26.2. The van der Waals surface area contributed by atoms with Crippen LogP contribution in [0.4, 0.5) is 0 Å². The number of carbonyl (C=O) groups is 3. The van der Waals surface area contributed by atoms with Gasteiger partial charge < -0.3 is 23.7 Å². The molecule has 0 fully saturated rings. The van der Waals surface area contributed by atoms with E-state index >= 15 is 0 Å². The highest BCUT2D eigenvalue weighted by atomic mass is 16.6. The molecule has 0 unspecified atom stereocenters. The maximum atomic E-state index is 12.4. The van der Waals surface area contributed by atoms with Crippen LogP contribution in [0.3, 0.4) is 0 Å². The molecule has 8 heteroatoms. The van der Waals surface area contributed by atoms with E-state index in [1.165, 1.54) is 24.3 Å². The molecule has 0 saturated carbocycles. The number of hydrogen-bond donors (Lipinski definition) is 0. The van der Waals surface area contributed by atoms with Crippen LogP contribution in [-0.2, 0) is 9.53 Å². The summed E-state index contributed by atoms with van der Waals surface area (Å²) >= 11 is 0. The lowest BCUT2D eigenvalue weighted by Crippen LogP contribution is -2.12. The van der Waals surface area contributed by atoms with E-state index in [4.69, 9.17) is 23.7 Å². The largest absolute Gasteiger partial charge is 0.497 e. The van der Waals surface area contributed by atoms with E-state index in [0.29, 0.717) is 33.9 Å². The van der Waals surface area contributed by atoms with E-state index in [9.17, 15) is 14.4 Å². The number of esters is 3. The fourth-order valence-corrected chi connectivity index (χ4v) is 2.74. The minimum Gasteiger partial charge on any atom is -0.497 e. The van der Waals surface area contributed by atoms with Crippen molar-refractivity contribution in [2.45, 2.75) is 6.92 Å². The van der Waals surface area contributed by atoms with Gasteiger partial charge in [0, 0.05) is 5.57 Å². The second-order valence-corrected chi connectivity index (χ2v) is 7.27. The summed E-state index contributed by atoms with van der Waals surface area (Å²) in [4.78, 5) is 36.0. The molecular formula is C27H24O8. The Bertz CT molecular complexity index is 1180. The zero-order chi connectivity index (χ0) is 25.2. The third kappa shape index (κ3) is 7.46. The summed E-state index contributed by atoms with van der Waals surface area (Å²) in [6, 6.07) is 19.0. The molecular weight excluding hydrogens is 452 g/mol. The van der Waals surface area contributed by atoms with E-state index in [1.54, 1.807) is 62.6 Å². The van der Waals surface area contributed by atoms with Crippen LogP contribution in [0, 0.1) is 0 Å². The first-order valence-corrected chi connectivity index (χ1v) is 10.6. The van der Waals surface area contributed by atoms with Gasteiger partial charge in [0.1, 0.15) is 36.2 Å². The highest BCUT2D eigenvalue weighted by Crippen LogP contribution is 2.20. The first kappa shape index (κ1) is 25.0. The van der Waals surface area contributed by atoms with Gasteiger partial charge in [0.05, 0.1) is 18.2 Å². The molecule has 180 valence electrons. The van der Waals surface area contributed by atoms with Gasteiger partial charge in [-0.05, 0) is 79.7 Å². The van der Waals surface area contributed by atoms with Gasteiger partial charge in [0.25, 0.3) is 0 Å². The summed E-state index contributed by atoms with van der Waals surface area (Å²) in [5, 5.41) is 0. The number of carbonyl (C=O) groups excluding carboxylic acids is 3. The second-order valence-electron chi connectivity index (χ2n) is 7.27. The Labute approximate surface area is 202 Å². The molecule has 0 N–H and O–H groups in total. The smallest absolute Gasteiger partial charge is 0.343 e. The SMILES string of the molecule is C=C(C)C(=O)OCCOc1ccc(C(=O)Oc2ccc(C(=O)Oc3ccc(OC)cc3)cc2)cc1. The second kappa shape index (κ2) is 12.0. The fraction of sp³-hybridized carbons (Fsp3) is 0.148. The molecule has 3 aromatic carbocycles. The minimum atomic E-state index is -0.569. The summed E-state index contributed by atoms with van der Waals surface area (Å²) in [5.41, 5.74) is 0.932. The molecule has 0 heterocycles. The number of ether oxygens (including phenoxy) is 5. The first-order valence-electron chi connectivity index (χ1n) is 10.6. The zero-order valence-electron chi connectivity index (χ0n) is 19.3. The normalized spacial score (nSPS) is 10.1. The van der Waals surface area contributed by atoms with E-state index in [1.807, 2.05) is 0 Å². The van der Waals surface area contributed by atoms with Crippen molar-refractivity contribution in [3.63, 3.8) is 0 Å². The topological polar surface area (TPSA) is 97.4 Å². The third-order valence-corrected chi connectivity index (χ3v) is 4.59. The van der Waals surface area contributed by atoms with E-state index in [2.05, 4.69) is 6.58 Å². The van der Waals surface area contributed by atoms with Crippen molar-refractivity contribution in [3.8, 4) is 23.0 Å². The Morgan fingerprint density at radius 2 is 1.09 bits per heavy atom. The van der Waals surface area contributed by atoms with Gasteiger partial charge >= 0.3 is 17.9 Å². The van der Waals surface area contributed by atoms with Gasteiger partial charge in [-0.15, -0.1) is 0 Å². The van der Waals surface area contributed by atoms with Crippen LogP contribution in [0.2, 0.25) is 0 Å². The van der Waals surface area contributed by atoms with Crippen LogP contribution in [0.15, 0.2) is 84.9 Å². The molecule has 8 nitrogen and oxygen atoms in total. The molecule has 0 amide bonds. The van der Waals surface area contributed by atoms with Crippen molar-refractivity contribution in [1.29, 1.82) is 0 Å². The number of methoxy groups -OCH3 is 1. The summed E-state index contributed by atoms with van der Waals surface area (Å²) in [5.74, 6) is 0.224. The average molecular weight is 476 g/mol. The molecule has 0 aliphatic carbocycles. The summed E-state index contributed by atoms with van der Waals surface area (Å²) in [6.45, 7) is 5.31. The van der Waals surface area contributed by atoms with Crippen molar-refractivity contribution >= 4 is 17.9 Å². The lowest BCUT2D eigenvalue weighted by molar-refractivity contribution is -0.139. The van der Waals surface area contributed by atoms with Gasteiger partial charge in [0.2, 0.25) is 0 Å². The summed E-state index contributed by atoms with van der Waals surface area (Å²) in [6.07, 6.45) is 0. The third-order valence-electron chi connectivity index (χ3n) is 4.59. The van der Waals surface area contributed by atoms with Crippen LogP contribution in [0.1, 0.15) is 27.6 Å². The van der Waals surface area contributed by atoms with Crippen molar-refractivity contribution < 1.29 is 38.1 Å². The molecule has 0 saturated heterocycles. The Kier molecular flexibility index (Phi) is 8.61. The summed E-state index contributed by atoms with van der Waals surface area (Å²) in [7, 11) is 1.55. The van der Waals surface area contributed by atoms with Crippen LogP contribution >= 0.6 is 0 Å². The van der Waals surface area contributed by atoms with Crippen molar-refractivity contribution in [1.82, 2.24) is 0 Å². The predicted molar refractivity (Wildman–Crippen MR) is 127 cm³/mol. The first-order chi connectivity index (χ1) is 16.9. The number of rotatable bonds is 10. The quantitative estimate of drug-likeness (QED) is 0.181. The van der Waals surface area contributed by atoms with E-state index in [0.717, 1.165) is 0 Å². The fourth-order valence-electron chi connectivity index (χ4n) is 2.74. The molecule has 0 aliphatic rings. The highest BCUT2D eigenvalue weighted by molar-refractivity contribution is 5.92. The van der Waals surface area contributed by atoms with Gasteiger partial charge in [-0.2, -0.15) is 0 Å². The molecule has 0 atom stereocenters. The van der Waals surface area contributed by atoms with Gasteiger partial charge in [-0.3, -0.25) is 0 Å². The Hall–Kier alpha value is -4.59. The van der Waals surface area contributed by atoms with Gasteiger partial charge in [-0.1, -0.05) is 6.58 Å². The Morgan fingerprint density at radius 1 is 0.657 bits per heavy atom. The average Bonchev–Trinajstić information content (AvgIpc) is 2.87. The molecule has 0 aromatic heterocycles. The molecule has 0 spiro atoms. The van der Waals surface area contributed by atoms with E-state index in [-0.39, 0.29) is 19.0 Å². The minimum absolute atomic E-state index is 0.0825.